The Hall–Kier alpha value is -1.46. The van der Waals surface area contributed by atoms with Gasteiger partial charge in [-0.05, 0) is 43.4 Å². The molecule has 6 heteroatoms. The van der Waals surface area contributed by atoms with Crippen molar-refractivity contribution in [1.29, 1.82) is 0 Å². The summed E-state index contributed by atoms with van der Waals surface area (Å²) in [6.45, 7) is 10.1. The van der Waals surface area contributed by atoms with E-state index in [1.54, 1.807) is 0 Å². The van der Waals surface area contributed by atoms with Crippen molar-refractivity contribution >= 4 is 22.5 Å². The minimum Gasteiger partial charge on any atom is -0.304 e. The molecule has 1 rings (SSSR count). The summed E-state index contributed by atoms with van der Waals surface area (Å²) in [6, 6.07) is 5.09. The Bertz CT molecular complexity index is 364. The Morgan fingerprint density at radius 2 is 1.58 bits per heavy atom. The molecule has 0 aliphatic heterocycles. The zero-order chi connectivity index (χ0) is 14.8. The molecule has 0 unspecified atom stereocenters. The van der Waals surface area contributed by atoms with E-state index < -0.39 is 10.2 Å². The molecule has 19 heavy (non-hydrogen) atoms. The third-order valence-corrected chi connectivity index (χ3v) is 2.86. The number of carbonyl (C=O) groups is 1. The highest BCUT2D eigenvalue weighted by molar-refractivity contribution is 6.67. The predicted molar refractivity (Wildman–Crippen MR) is 76.7 cm³/mol. The third kappa shape index (κ3) is 6.88. The fraction of sp³-hybridized carbons (Fsp3) is 0.462. The summed E-state index contributed by atoms with van der Waals surface area (Å²) in [4.78, 5) is 22.5. The maximum absolute atomic E-state index is 10.5. The molecule has 0 saturated carbocycles. The number of carbonyl (C=O) groups excluding carboxylic acids is 1. The number of nitrogens with zero attached hydrogens (tertiary/aromatic N) is 2. The smallest absolute Gasteiger partial charge is 0.269 e. The first-order valence-electron chi connectivity index (χ1n) is 6.12. The second kappa shape index (κ2) is 9.47. The molecular weight excluding hydrogens is 268 g/mol. The van der Waals surface area contributed by atoms with Gasteiger partial charge in [0.2, 0.25) is 0 Å². The summed E-state index contributed by atoms with van der Waals surface area (Å²) >= 11 is 5.13. The van der Waals surface area contributed by atoms with Crippen LogP contribution in [0.2, 0.25) is 0 Å². The number of nitro benzene ring substituents is 1. The van der Waals surface area contributed by atoms with Crippen LogP contribution < -0.4 is 0 Å². The molecule has 1 aromatic carbocycles. The molecule has 0 aromatic heterocycles. The van der Waals surface area contributed by atoms with Crippen LogP contribution in [0.1, 0.15) is 31.1 Å². The van der Waals surface area contributed by atoms with Crippen LogP contribution in [-0.2, 0) is 0 Å². The summed E-state index contributed by atoms with van der Waals surface area (Å²) < 4.78 is 0. The molecule has 0 aliphatic rings. The summed E-state index contributed by atoms with van der Waals surface area (Å²) in [7, 11) is 0. The van der Waals surface area contributed by atoms with Crippen LogP contribution in [0.25, 0.3) is 0 Å². The molecule has 0 aliphatic carbocycles. The largest absolute Gasteiger partial charge is 0.304 e. The predicted octanol–water partition coefficient (Wildman–Crippen LogP) is 3.32. The van der Waals surface area contributed by atoms with Crippen molar-refractivity contribution in [3.8, 4) is 0 Å². The molecule has 5 nitrogen and oxygen atoms in total. The standard InChI is InChI=1S/C7H4ClNO3.C6H15N/c8-7(10)5-1-3-6(4-2-5)9(11)12;1-4-7(5-2)6-3/h1-4H;4-6H2,1-3H3. The average Bonchev–Trinajstić information content (AvgIpc) is 2.41. The first kappa shape index (κ1) is 17.5. The minimum absolute atomic E-state index is 0.0586. The topological polar surface area (TPSA) is 63.5 Å². The molecule has 0 heterocycles. The normalized spacial score (nSPS) is 9.74. The molecule has 0 fully saturated rings. The first-order chi connectivity index (χ1) is 8.96. The van der Waals surface area contributed by atoms with Crippen molar-refractivity contribution in [1.82, 2.24) is 4.90 Å². The highest BCUT2D eigenvalue weighted by atomic mass is 35.5. The summed E-state index contributed by atoms with van der Waals surface area (Å²) in [5.41, 5.74) is 0.193. The SMILES string of the molecule is CCN(CC)CC.O=C(Cl)c1ccc([N+](=O)[O-])cc1. The van der Waals surface area contributed by atoms with E-state index in [1.165, 1.54) is 43.9 Å². The van der Waals surface area contributed by atoms with E-state index in [2.05, 4.69) is 25.7 Å². The minimum atomic E-state index is -0.620. The van der Waals surface area contributed by atoms with Gasteiger partial charge in [-0.3, -0.25) is 14.9 Å². The molecule has 0 N–H and O–H groups in total. The van der Waals surface area contributed by atoms with Crippen LogP contribution in [0.3, 0.4) is 0 Å². The molecule has 0 atom stereocenters. The van der Waals surface area contributed by atoms with Crippen molar-refractivity contribution in [2.45, 2.75) is 20.8 Å². The number of non-ortho nitro benzene ring substituents is 1. The first-order valence-corrected chi connectivity index (χ1v) is 6.50. The van der Waals surface area contributed by atoms with Crippen molar-refractivity contribution in [2.24, 2.45) is 0 Å². The van der Waals surface area contributed by atoms with E-state index in [9.17, 15) is 14.9 Å². The fourth-order valence-electron chi connectivity index (χ4n) is 1.39. The van der Waals surface area contributed by atoms with Crippen LogP contribution in [-0.4, -0.2) is 34.7 Å². The third-order valence-electron chi connectivity index (χ3n) is 2.65. The van der Waals surface area contributed by atoms with Gasteiger partial charge in [-0.1, -0.05) is 20.8 Å². The molecule has 1 aromatic rings. The van der Waals surface area contributed by atoms with E-state index in [1.807, 2.05) is 0 Å². The summed E-state index contributed by atoms with van der Waals surface area (Å²) in [5.74, 6) is 0. The molecule has 0 bridgehead atoms. The maximum atomic E-state index is 10.5. The van der Waals surface area contributed by atoms with Gasteiger partial charge in [0.25, 0.3) is 10.9 Å². The zero-order valence-electron chi connectivity index (χ0n) is 11.4. The summed E-state index contributed by atoms with van der Waals surface area (Å²) in [6.07, 6.45) is 0. The van der Waals surface area contributed by atoms with Gasteiger partial charge >= 0.3 is 0 Å². The lowest BCUT2D eigenvalue weighted by atomic mass is 10.2. The summed E-state index contributed by atoms with van der Waals surface area (Å²) in [5, 5.41) is 9.55. The van der Waals surface area contributed by atoms with Gasteiger partial charge in [-0.25, -0.2) is 0 Å². The molecule has 0 radical (unpaired) electrons. The van der Waals surface area contributed by atoms with Crippen LogP contribution in [0, 0.1) is 10.1 Å². The highest BCUT2D eigenvalue weighted by Gasteiger charge is 2.06. The van der Waals surface area contributed by atoms with E-state index >= 15 is 0 Å². The van der Waals surface area contributed by atoms with Crippen LogP contribution >= 0.6 is 11.6 Å². The van der Waals surface area contributed by atoms with Crippen LogP contribution in [0.15, 0.2) is 24.3 Å². The monoisotopic (exact) mass is 286 g/mol. The van der Waals surface area contributed by atoms with Gasteiger partial charge in [0.05, 0.1) is 4.92 Å². The Kier molecular flexibility index (Phi) is 8.74. The molecule has 0 amide bonds. The molecule has 0 saturated heterocycles. The van der Waals surface area contributed by atoms with Gasteiger partial charge in [-0.2, -0.15) is 0 Å². The van der Waals surface area contributed by atoms with Crippen molar-refractivity contribution < 1.29 is 9.72 Å². The lowest BCUT2D eigenvalue weighted by Crippen LogP contribution is -2.21. The average molecular weight is 287 g/mol. The Balaban J connectivity index is 0.000000399. The number of rotatable bonds is 5. The Morgan fingerprint density at radius 1 is 1.16 bits per heavy atom. The van der Waals surface area contributed by atoms with Crippen LogP contribution in [0.4, 0.5) is 5.69 Å². The van der Waals surface area contributed by atoms with Gasteiger partial charge in [-0.15, -0.1) is 0 Å². The van der Waals surface area contributed by atoms with Gasteiger partial charge in [0.15, 0.2) is 0 Å². The number of halogens is 1. The molecular formula is C13H19ClN2O3. The Morgan fingerprint density at radius 3 is 1.79 bits per heavy atom. The van der Waals surface area contributed by atoms with Gasteiger partial charge in [0, 0.05) is 17.7 Å². The van der Waals surface area contributed by atoms with Crippen LogP contribution in [0.5, 0.6) is 0 Å². The van der Waals surface area contributed by atoms with E-state index in [0.717, 1.165) is 0 Å². The number of nitro groups is 1. The quantitative estimate of drug-likeness (QED) is 0.473. The maximum Gasteiger partial charge on any atom is 0.269 e. The van der Waals surface area contributed by atoms with E-state index in [-0.39, 0.29) is 11.3 Å². The second-order valence-electron chi connectivity index (χ2n) is 3.70. The van der Waals surface area contributed by atoms with Crippen molar-refractivity contribution in [3.63, 3.8) is 0 Å². The molecule has 0 spiro atoms. The molecule has 106 valence electrons. The highest BCUT2D eigenvalue weighted by Crippen LogP contribution is 2.12. The fourth-order valence-corrected chi connectivity index (χ4v) is 1.51. The van der Waals surface area contributed by atoms with Crippen molar-refractivity contribution in [3.05, 3.63) is 39.9 Å². The number of benzene rings is 1. The van der Waals surface area contributed by atoms with E-state index in [0.29, 0.717) is 0 Å². The number of hydrogen-bond donors (Lipinski definition) is 0. The lowest BCUT2D eigenvalue weighted by Gasteiger charge is -2.13. The Labute approximate surface area is 118 Å². The van der Waals surface area contributed by atoms with Crippen molar-refractivity contribution in [2.75, 3.05) is 19.6 Å². The second-order valence-corrected chi connectivity index (χ2v) is 4.04. The van der Waals surface area contributed by atoms with E-state index in [4.69, 9.17) is 11.6 Å². The number of hydrogen-bond acceptors (Lipinski definition) is 4. The van der Waals surface area contributed by atoms with Gasteiger partial charge in [0.1, 0.15) is 0 Å². The lowest BCUT2D eigenvalue weighted by molar-refractivity contribution is -0.384. The van der Waals surface area contributed by atoms with Gasteiger partial charge < -0.3 is 4.90 Å². The zero-order valence-corrected chi connectivity index (χ0v) is 12.2.